The summed E-state index contributed by atoms with van der Waals surface area (Å²) >= 11 is 0. The largest absolute Gasteiger partial charge is 0.340 e. The standard InChI is InChI=1S/C21H31N3O2/c1-18(25)24-15-6-11-20(24)21(26)23-14-7-13-22(16-17-23)12-5-10-19-8-3-2-4-9-19/h2-4,8-9,20H,5-7,10-17H2,1H3/t20-/m1/s1. The van der Waals surface area contributed by atoms with Gasteiger partial charge < -0.3 is 14.7 Å². The fourth-order valence-electron chi connectivity index (χ4n) is 4.18. The Hall–Kier alpha value is -1.88. The van der Waals surface area contributed by atoms with E-state index in [0.717, 1.165) is 71.4 Å². The van der Waals surface area contributed by atoms with Crippen molar-refractivity contribution < 1.29 is 9.59 Å². The van der Waals surface area contributed by atoms with Crippen molar-refractivity contribution in [1.29, 1.82) is 0 Å². The molecule has 1 atom stereocenters. The summed E-state index contributed by atoms with van der Waals surface area (Å²) in [5, 5.41) is 0. The maximum absolute atomic E-state index is 12.9. The van der Waals surface area contributed by atoms with E-state index in [9.17, 15) is 9.59 Å². The number of hydrogen-bond donors (Lipinski definition) is 0. The summed E-state index contributed by atoms with van der Waals surface area (Å²) in [6.45, 7) is 6.98. The lowest BCUT2D eigenvalue weighted by Gasteiger charge is -2.29. The van der Waals surface area contributed by atoms with E-state index in [4.69, 9.17) is 0 Å². The van der Waals surface area contributed by atoms with Gasteiger partial charge in [-0.25, -0.2) is 0 Å². The lowest BCUT2D eigenvalue weighted by atomic mass is 10.1. The van der Waals surface area contributed by atoms with Crippen molar-refractivity contribution in [3.05, 3.63) is 35.9 Å². The maximum Gasteiger partial charge on any atom is 0.245 e. The molecular formula is C21H31N3O2. The fraction of sp³-hybridized carbons (Fsp3) is 0.619. The van der Waals surface area contributed by atoms with Gasteiger partial charge in [0.2, 0.25) is 11.8 Å². The van der Waals surface area contributed by atoms with E-state index >= 15 is 0 Å². The van der Waals surface area contributed by atoms with Gasteiger partial charge >= 0.3 is 0 Å². The van der Waals surface area contributed by atoms with Crippen molar-refractivity contribution in [3.8, 4) is 0 Å². The van der Waals surface area contributed by atoms with Crippen LogP contribution in [0.1, 0.15) is 38.2 Å². The van der Waals surface area contributed by atoms with Crippen molar-refractivity contribution in [2.45, 2.75) is 45.1 Å². The third-order valence-electron chi connectivity index (χ3n) is 5.63. The first-order valence-electron chi connectivity index (χ1n) is 9.97. The minimum Gasteiger partial charge on any atom is -0.340 e. The fourth-order valence-corrected chi connectivity index (χ4v) is 4.18. The molecule has 3 rings (SSSR count). The number of aryl methyl sites for hydroxylation is 1. The molecule has 2 saturated heterocycles. The van der Waals surface area contributed by atoms with E-state index in [1.807, 2.05) is 4.90 Å². The highest BCUT2D eigenvalue weighted by atomic mass is 16.2. The van der Waals surface area contributed by atoms with Gasteiger partial charge in [0, 0.05) is 33.1 Å². The highest BCUT2D eigenvalue weighted by Crippen LogP contribution is 2.20. The Morgan fingerprint density at radius 1 is 1.00 bits per heavy atom. The van der Waals surface area contributed by atoms with Crippen molar-refractivity contribution in [1.82, 2.24) is 14.7 Å². The Morgan fingerprint density at radius 3 is 2.58 bits per heavy atom. The number of nitrogens with zero attached hydrogens (tertiary/aromatic N) is 3. The summed E-state index contributed by atoms with van der Waals surface area (Å²) in [6.07, 6.45) is 5.03. The monoisotopic (exact) mass is 357 g/mol. The van der Waals surface area contributed by atoms with Crippen LogP contribution in [0.5, 0.6) is 0 Å². The molecule has 0 aromatic heterocycles. The van der Waals surface area contributed by atoms with Crippen LogP contribution in [-0.4, -0.2) is 71.8 Å². The molecule has 5 nitrogen and oxygen atoms in total. The van der Waals surface area contributed by atoms with Gasteiger partial charge in [0.1, 0.15) is 6.04 Å². The van der Waals surface area contributed by atoms with Crippen molar-refractivity contribution >= 4 is 11.8 Å². The van der Waals surface area contributed by atoms with Crippen LogP contribution >= 0.6 is 0 Å². The van der Waals surface area contributed by atoms with Gasteiger partial charge in [-0.15, -0.1) is 0 Å². The van der Waals surface area contributed by atoms with Gasteiger partial charge in [0.25, 0.3) is 0 Å². The van der Waals surface area contributed by atoms with Gasteiger partial charge in [-0.05, 0) is 50.8 Å². The topological polar surface area (TPSA) is 43.9 Å². The number of hydrogen-bond acceptors (Lipinski definition) is 3. The molecule has 5 heteroatoms. The van der Waals surface area contributed by atoms with Crippen molar-refractivity contribution in [2.75, 3.05) is 39.3 Å². The smallest absolute Gasteiger partial charge is 0.245 e. The lowest BCUT2D eigenvalue weighted by molar-refractivity contribution is -0.142. The van der Waals surface area contributed by atoms with Crippen LogP contribution in [0.4, 0.5) is 0 Å². The van der Waals surface area contributed by atoms with Crippen LogP contribution in [0.2, 0.25) is 0 Å². The minimum absolute atomic E-state index is 0.0261. The van der Waals surface area contributed by atoms with E-state index in [-0.39, 0.29) is 17.9 Å². The summed E-state index contributed by atoms with van der Waals surface area (Å²) in [4.78, 5) is 30.9. The Bertz CT molecular complexity index is 605. The van der Waals surface area contributed by atoms with Gasteiger partial charge in [-0.2, -0.15) is 0 Å². The van der Waals surface area contributed by atoms with Gasteiger partial charge in [0.15, 0.2) is 0 Å². The van der Waals surface area contributed by atoms with Crippen LogP contribution in [0.25, 0.3) is 0 Å². The molecule has 0 radical (unpaired) electrons. The molecule has 2 aliphatic rings. The number of amides is 2. The first kappa shape index (κ1) is 18.9. The summed E-state index contributed by atoms with van der Waals surface area (Å²) in [7, 11) is 0. The average Bonchev–Trinajstić information content (AvgIpc) is 3.03. The zero-order valence-electron chi connectivity index (χ0n) is 15.9. The van der Waals surface area contributed by atoms with Crippen LogP contribution < -0.4 is 0 Å². The first-order valence-corrected chi connectivity index (χ1v) is 9.97. The summed E-state index contributed by atoms with van der Waals surface area (Å²) in [5.74, 6) is 0.182. The first-order chi connectivity index (χ1) is 12.6. The molecule has 2 heterocycles. The van der Waals surface area contributed by atoms with E-state index < -0.39 is 0 Å². The summed E-state index contributed by atoms with van der Waals surface area (Å²) in [6, 6.07) is 10.4. The second-order valence-electron chi connectivity index (χ2n) is 7.48. The van der Waals surface area contributed by atoms with E-state index in [2.05, 4.69) is 35.2 Å². The number of carbonyl (C=O) groups excluding carboxylic acids is 2. The van der Waals surface area contributed by atoms with E-state index in [0.29, 0.717) is 0 Å². The van der Waals surface area contributed by atoms with Crippen LogP contribution in [-0.2, 0) is 16.0 Å². The third-order valence-corrected chi connectivity index (χ3v) is 5.63. The molecule has 0 N–H and O–H groups in total. The zero-order valence-corrected chi connectivity index (χ0v) is 15.9. The molecule has 0 bridgehead atoms. The lowest BCUT2D eigenvalue weighted by Crippen LogP contribution is -2.48. The van der Waals surface area contributed by atoms with E-state index in [1.54, 1.807) is 11.8 Å². The summed E-state index contributed by atoms with van der Waals surface area (Å²) < 4.78 is 0. The second-order valence-corrected chi connectivity index (χ2v) is 7.48. The number of rotatable bonds is 5. The molecule has 2 amide bonds. The molecule has 142 valence electrons. The van der Waals surface area contributed by atoms with Crippen LogP contribution in [0.15, 0.2) is 30.3 Å². The highest BCUT2D eigenvalue weighted by Gasteiger charge is 2.35. The molecule has 2 aliphatic heterocycles. The Morgan fingerprint density at radius 2 is 1.81 bits per heavy atom. The van der Waals surface area contributed by atoms with Gasteiger partial charge in [0.05, 0.1) is 0 Å². The predicted octanol–water partition coefficient (Wildman–Crippen LogP) is 2.16. The molecule has 26 heavy (non-hydrogen) atoms. The highest BCUT2D eigenvalue weighted by molar-refractivity contribution is 5.87. The molecule has 1 aromatic carbocycles. The molecule has 0 spiro atoms. The summed E-state index contributed by atoms with van der Waals surface area (Å²) in [5.41, 5.74) is 1.39. The number of likely N-dealkylation sites (tertiary alicyclic amines) is 1. The van der Waals surface area contributed by atoms with Gasteiger partial charge in [-0.1, -0.05) is 30.3 Å². The normalized spacial score (nSPS) is 21.7. The third kappa shape index (κ3) is 4.85. The van der Waals surface area contributed by atoms with Gasteiger partial charge in [-0.3, -0.25) is 9.59 Å². The van der Waals surface area contributed by atoms with Crippen molar-refractivity contribution in [2.24, 2.45) is 0 Å². The number of carbonyl (C=O) groups is 2. The molecule has 0 saturated carbocycles. The molecular weight excluding hydrogens is 326 g/mol. The second kappa shape index (κ2) is 9.17. The number of benzene rings is 1. The maximum atomic E-state index is 12.9. The molecule has 1 aromatic rings. The van der Waals surface area contributed by atoms with Crippen LogP contribution in [0, 0.1) is 0 Å². The zero-order chi connectivity index (χ0) is 18.4. The van der Waals surface area contributed by atoms with Crippen LogP contribution in [0.3, 0.4) is 0 Å². The Labute approximate surface area is 156 Å². The van der Waals surface area contributed by atoms with Crippen molar-refractivity contribution in [3.63, 3.8) is 0 Å². The molecule has 0 aliphatic carbocycles. The predicted molar refractivity (Wildman–Crippen MR) is 103 cm³/mol. The Kier molecular flexibility index (Phi) is 6.67. The average molecular weight is 357 g/mol. The van der Waals surface area contributed by atoms with E-state index in [1.165, 1.54) is 5.56 Å². The molecule has 0 unspecified atom stereocenters. The minimum atomic E-state index is -0.225. The molecule has 2 fully saturated rings. The quantitative estimate of drug-likeness (QED) is 0.811. The Balaban J connectivity index is 1.45. The SMILES string of the molecule is CC(=O)N1CCC[C@@H]1C(=O)N1CCCN(CCCc2ccccc2)CC1.